The van der Waals surface area contributed by atoms with Crippen LogP contribution >= 0.6 is 0 Å². The maximum absolute atomic E-state index is 12.9. The van der Waals surface area contributed by atoms with Gasteiger partial charge in [-0.3, -0.25) is 4.72 Å². The van der Waals surface area contributed by atoms with Crippen LogP contribution in [0.4, 0.5) is 5.69 Å². The number of benzene rings is 2. The van der Waals surface area contributed by atoms with Gasteiger partial charge < -0.3 is 9.47 Å². The Morgan fingerprint density at radius 2 is 1.76 bits per heavy atom. The standard InChI is InChI=1S/C19H23N5O4S/c1-3-10-27-18-9-8-15(12-19(18)28-11-4-2)21-29(25,26)17-7-5-6-16(13-17)24-14-20-22-23-24/h5-9,12-14,21H,3-4,10-11H2,1-2H3. The van der Waals surface area contributed by atoms with E-state index in [1.807, 2.05) is 13.8 Å². The zero-order chi connectivity index (χ0) is 20.7. The highest BCUT2D eigenvalue weighted by Crippen LogP contribution is 2.32. The molecule has 3 aromatic rings. The first-order valence-corrected chi connectivity index (χ1v) is 10.8. The number of tetrazole rings is 1. The number of nitrogens with one attached hydrogen (secondary N) is 1. The van der Waals surface area contributed by atoms with Crippen LogP contribution in [0, 0.1) is 0 Å². The molecule has 3 rings (SSSR count). The van der Waals surface area contributed by atoms with Gasteiger partial charge in [0.25, 0.3) is 10.0 Å². The van der Waals surface area contributed by atoms with Gasteiger partial charge in [-0.2, -0.15) is 0 Å². The van der Waals surface area contributed by atoms with E-state index >= 15 is 0 Å². The summed E-state index contributed by atoms with van der Waals surface area (Å²) in [7, 11) is -3.82. The summed E-state index contributed by atoms with van der Waals surface area (Å²) in [6, 6.07) is 11.3. The van der Waals surface area contributed by atoms with Crippen LogP contribution in [-0.4, -0.2) is 41.8 Å². The van der Waals surface area contributed by atoms with Gasteiger partial charge in [0.15, 0.2) is 11.5 Å². The molecule has 0 amide bonds. The number of nitrogens with zero attached hydrogens (tertiary/aromatic N) is 4. The summed E-state index contributed by atoms with van der Waals surface area (Å²) in [4.78, 5) is 0.0906. The average molecular weight is 417 g/mol. The monoisotopic (exact) mass is 417 g/mol. The van der Waals surface area contributed by atoms with Crippen LogP contribution < -0.4 is 14.2 Å². The third-order valence-corrected chi connectivity index (χ3v) is 5.24. The minimum absolute atomic E-state index is 0.0906. The van der Waals surface area contributed by atoms with Crippen LogP contribution in [0.5, 0.6) is 11.5 Å². The molecule has 0 bridgehead atoms. The van der Waals surface area contributed by atoms with E-state index in [0.717, 1.165) is 12.8 Å². The summed E-state index contributed by atoms with van der Waals surface area (Å²) >= 11 is 0. The second kappa shape index (κ2) is 9.37. The van der Waals surface area contributed by atoms with Gasteiger partial charge in [0.1, 0.15) is 6.33 Å². The number of hydrogen-bond donors (Lipinski definition) is 1. The molecule has 0 radical (unpaired) electrons. The molecule has 0 aliphatic carbocycles. The molecule has 0 unspecified atom stereocenters. The maximum Gasteiger partial charge on any atom is 0.261 e. The van der Waals surface area contributed by atoms with E-state index in [0.29, 0.717) is 36.1 Å². The van der Waals surface area contributed by atoms with E-state index in [2.05, 4.69) is 20.2 Å². The Hall–Kier alpha value is -3.14. The Bertz CT molecular complexity index is 1040. The fourth-order valence-electron chi connectivity index (χ4n) is 2.51. The SMILES string of the molecule is CCCOc1ccc(NS(=O)(=O)c2cccc(-n3cnnn3)c2)cc1OCCC. The minimum atomic E-state index is -3.82. The third kappa shape index (κ3) is 5.23. The molecule has 0 aliphatic rings. The third-order valence-electron chi connectivity index (χ3n) is 3.86. The van der Waals surface area contributed by atoms with Crippen molar-refractivity contribution in [3.05, 3.63) is 48.8 Å². The lowest BCUT2D eigenvalue weighted by Gasteiger charge is -2.15. The lowest BCUT2D eigenvalue weighted by Crippen LogP contribution is -2.14. The summed E-state index contributed by atoms with van der Waals surface area (Å²) in [5.41, 5.74) is 0.918. The number of sulfonamides is 1. The van der Waals surface area contributed by atoms with Crippen molar-refractivity contribution in [2.24, 2.45) is 0 Å². The highest BCUT2D eigenvalue weighted by molar-refractivity contribution is 7.92. The summed E-state index contributed by atoms with van der Waals surface area (Å²) < 4.78 is 41.1. The predicted molar refractivity (Wildman–Crippen MR) is 108 cm³/mol. The summed E-state index contributed by atoms with van der Waals surface area (Å²) in [5.74, 6) is 1.09. The Morgan fingerprint density at radius 1 is 1.00 bits per heavy atom. The van der Waals surface area contributed by atoms with E-state index in [1.54, 1.807) is 30.3 Å². The fraction of sp³-hybridized carbons (Fsp3) is 0.316. The van der Waals surface area contributed by atoms with E-state index in [9.17, 15) is 8.42 Å². The van der Waals surface area contributed by atoms with E-state index in [-0.39, 0.29) is 4.90 Å². The zero-order valence-electron chi connectivity index (χ0n) is 16.3. The molecular weight excluding hydrogens is 394 g/mol. The number of hydrogen-bond acceptors (Lipinski definition) is 7. The van der Waals surface area contributed by atoms with Crippen molar-refractivity contribution < 1.29 is 17.9 Å². The van der Waals surface area contributed by atoms with E-state index < -0.39 is 10.0 Å². The van der Waals surface area contributed by atoms with Gasteiger partial charge in [-0.25, -0.2) is 13.1 Å². The van der Waals surface area contributed by atoms with Gasteiger partial charge in [0.2, 0.25) is 0 Å². The average Bonchev–Trinajstić information content (AvgIpc) is 3.26. The molecule has 0 saturated carbocycles. The Morgan fingerprint density at radius 3 is 2.45 bits per heavy atom. The van der Waals surface area contributed by atoms with Gasteiger partial charge >= 0.3 is 0 Å². The highest BCUT2D eigenvalue weighted by Gasteiger charge is 2.17. The topological polar surface area (TPSA) is 108 Å². The molecule has 1 heterocycles. The number of ether oxygens (including phenoxy) is 2. The van der Waals surface area contributed by atoms with E-state index in [1.165, 1.54) is 23.1 Å². The van der Waals surface area contributed by atoms with Crippen molar-refractivity contribution in [2.45, 2.75) is 31.6 Å². The van der Waals surface area contributed by atoms with Gasteiger partial charge in [0, 0.05) is 6.07 Å². The van der Waals surface area contributed by atoms with Gasteiger partial charge in [-0.05, 0) is 53.6 Å². The molecule has 1 aromatic heterocycles. The second-order valence-electron chi connectivity index (χ2n) is 6.22. The second-order valence-corrected chi connectivity index (χ2v) is 7.90. The molecular formula is C19H23N5O4S. The molecule has 0 fully saturated rings. The molecule has 10 heteroatoms. The molecule has 0 spiro atoms. The normalized spacial score (nSPS) is 11.2. The smallest absolute Gasteiger partial charge is 0.261 e. The van der Waals surface area contributed by atoms with Gasteiger partial charge in [-0.15, -0.1) is 5.10 Å². The first kappa shape index (κ1) is 20.6. The molecule has 0 aliphatic heterocycles. The Balaban J connectivity index is 1.85. The summed E-state index contributed by atoms with van der Waals surface area (Å²) in [6.07, 6.45) is 3.08. The number of anilines is 1. The fourth-order valence-corrected chi connectivity index (χ4v) is 3.60. The number of aromatic nitrogens is 4. The molecule has 1 N–H and O–H groups in total. The molecule has 0 atom stereocenters. The molecule has 29 heavy (non-hydrogen) atoms. The first-order valence-electron chi connectivity index (χ1n) is 9.29. The largest absolute Gasteiger partial charge is 0.490 e. The van der Waals surface area contributed by atoms with Crippen molar-refractivity contribution in [3.8, 4) is 17.2 Å². The first-order chi connectivity index (χ1) is 14.0. The lowest BCUT2D eigenvalue weighted by atomic mass is 10.3. The van der Waals surface area contributed by atoms with Crippen LogP contribution in [0.25, 0.3) is 5.69 Å². The Labute approximate surface area is 169 Å². The van der Waals surface area contributed by atoms with Crippen LogP contribution in [-0.2, 0) is 10.0 Å². The van der Waals surface area contributed by atoms with E-state index in [4.69, 9.17) is 9.47 Å². The van der Waals surface area contributed by atoms with Crippen molar-refractivity contribution >= 4 is 15.7 Å². The molecule has 9 nitrogen and oxygen atoms in total. The van der Waals surface area contributed by atoms with Gasteiger partial charge in [-0.1, -0.05) is 19.9 Å². The van der Waals surface area contributed by atoms with Crippen molar-refractivity contribution in [2.75, 3.05) is 17.9 Å². The van der Waals surface area contributed by atoms with Crippen LogP contribution in [0.2, 0.25) is 0 Å². The van der Waals surface area contributed by atoms with Crippen molar-refractivity contribution in [1.29, 1.82) is 0 Å². The van der Waals surface area contributed by atoms with Crippen LogP contribution in [0.1, 0.15) is 26.7 Å². The summed E-state index contributed by atoms with van der Waals surface area (Å²) in [6.45, 7) is 5.07. The lowest BCUT2D eigenvalue weighted by molar-refractivity contribution is 0.268. The molecule has 0 saturated heterocycles. The van der Waals surface area contributed by atoms with Crippen LogP contribution in [0.3, 0.4) is 0 Å². The quantitative estimate of drug-likeness (QED) is 0.540. The van der Waals surface area contributed by atoms with Gasteiger partial charge in [0.05, 0.1) is 29.5 Å². The molecule has 154 valence electrons. The minimum Gasteiger partial charge on any atom is -0.490 e. The number of rotatable bonds is 10. The summed E-state index contributed by atoms with van der Waals surface area (Å²) in [5, 5.41) is 10.9. The maximum atomic E-state index is 12.9. The van der Waals surface area contributed by atoms with Crippen LogP contribution in [0.15, 0.2) is 53.7 Å². The molecule has 2 aromatic carbocycles. The highest BCUT2D eigenvalue weighted by atomic mass is 32.2. The zero-order valence-corrected chi connectivity index (χ0v) is 17.1. The predicted octanol–water partition coefficient (Wildman–Crippen LogP) is 3.04. The Kier molecular flexibility index (Phi) is 6.65. The van der Waals surface area contributed by atoms with Crippen molar-refractivity contribution in [3.63, 3.8) is 0 Å². The van der Waals surface area contributed by atoms with Crippen molar-refractivity contribution in [1.82, 2.24) is 20.2 Å².